The molecule has 0 saturated carbocycles. The van der Waals surface area contributed by atoms with Gasteiger partial charge >= 0.3 is 0 Å². The van der Waals surface area contributed by atoms with Crippen molar-refractivity contribution in [3.63, 3.8) is 0 Å². The lowest BCUT2D eigenvalue weighted by Gasteiger charge is -2.05. The molecule has 0 atom stereocenters. The van der Waals surface area contributed by atoms with Crippen molar-refractivity contribution in [1.82, 2.24) is 5.32 Å². The minimum Gasteiger partial charge on any atom is -0.376 e. The fourth-order valence-corrected chi connectivity index (χ4v) is 1.38. The number of hydrogen-bond acceptors (Lipinski definition) is 2. The Balaban J connectivity index is 2.30. The fraction of sp³-hybridized carbons (Fsp3) is 0.429. The van der Waals surface area contributed by atoms with E-state index < -0.39 is 0 Å². The molecule has 0 fully saturated rings. The van der Waals surface area contributed by atoms with Crippen LogP contribution in [0.2, 0.25) is 0 Å². The average Bonchev–Trinajstić information content (AvgIpc) is 2.33. The molecule has 1 N–H and O–H groups in total. The predicted molar refractivity (Wildman–Crippen MR) is 68.3 cm³/mol. The van der Waals surface area contributed by atoms with Gasteiger partial charge in [0.25, 0.3) is 0 Å². The van der Waals surface area contributed by atoms with E-state index in [1.54, 1.807) is 0 Å². The van der Waals surface area contributed by atoms with Crippen LogP contribution in [-0.4, -0.2) is 13.2 Å². The highest BCUT2D eigenvalue weighted by molar-refractivity contribution is 5.21. The minimum absolute atomic E-state index is 0.690. The van der Waals surface area contributed by atoms with Crippen molar-refractivity contribution in [2.75, 3.05) is 13.2 Å². The molecular weight excluding hydrogens is 198 g/mol. The minimum atomic E-state index is 0.690. The normalized spacial score (nSPS) is 10.3. The number of benzene rings is 1. The first-order chi connectivity index (χ1) is 7.86. The maximum Gasteiger partial charge on any atom is 0.0717 e. The second-order valence-electron chi connectivity index (χ2n) is 3.73. The molecule has 0 heterocycles. The third kappa shape index (κ3) is 5.10. The molecular formula is C14H21NO. The van der Waals surface area contributed by atoms with Crippen molar-refractivity contribution in [2.24, 2.45) is 0 Å². The molecule has 1 aromatic rings. The lowest BCUT2D eigenvalue weighted by atomic mass is 10.1. The molecule has 0 aromatic heterocycles. The molecule has 0 aliphatic carbocycles. The van der Waals surface area contributed by atoms with Gasteiger partial charge in [-0.25, -0.2) is 0 Å². The Kier molecular flexibility index (Phi) is 6.54. The van der Waals surface area contributed by atoms with E-state index in [9.17, 15) is 0 Å². The molecule has 1 aromatic carbocycles. The molecule has 16 heavy (non-hydrogen) atoms. The molecule has 0 amide bonds. The van der Waals surface area contributed by atoms with E-state index in [2.05, 4.69) is 43.1 Å². The molecule has 0 spiro atoms. The molecule has 88 valence electrons. The van der Waals surface area contributed by atoms with E-state index in [4.69, 9.17) is 4.74 Å². The second kappa shape index (κ2) is 8.08. The van der Waals surface area contributed by atoms with Crippen LogP contribution >= 0.6 is 0 Å². The summed E-state index contributed by atoms with van der Waals surface area (Å²) in [5.74, 6) is 0. The first kappa shape index (κ1) is 12.9. The van der Waals surface area contributed by atoms with E-state index in [1.165, 1.54) is 11.1 Å². The van der Waals surface area contributed by atoms with Gasteiger partial charge < -0.3 is 10.1 Å². The number of nitrogens with one attached hydrogen (secondary N) is 1. The summed E-state index contributed by atoms with van der Waals surface area (Å²) < 4.78 is 5.49. The maximum atomic E-state index is 5.49. The second-order valence-corrected chi connectivity index (χ2v) is 3.73. The van der Waals surface area contributed by atoms with Crippen molar-refractivity contribution < 1.29 is 4.74 Å². The summed E-state index contributed by atoms with van der Waals surface area (Å²) in [6.45, 7) is 9.16. The lowest BCUT2D eigenvalue weighted by molar-refractivity contribution is 0.125. The first-order valence-electron chi connectivity index (χ1n) is 5.84. The largest absolute Gasteiger partial charge is 0.376 e. The van der Waals surface area contributed by atoms with Crippen molar-refractivity contribution >= 4 is 0 Å². The summed E-state index contributed by atoms with van der Waals surface area (Å²) >= 11 is 0. The summed E-state index contributed by atoms with van der Waals surface area (Å²) in [4.78, 5) is 0. The van der Waals surface area contributed by atoms with Crippen LogP contribution in [0, 0.1) is 0 Å². The number of rotatable bonds is 8. The first-order valence-corrected chi connectivity index (χ1v) is 5.84. The third-order valence-electron chi connectivity index (χ3n) is 2.34. The molecule has 2 heteroatoms. The Labute approximate surface area is 98.3 Å². The smallest absolute Gasteiger partial charge is 0.0717 e. The van der Waals surface area contributed by atoms with E-state index in [-0.39, 0.29) is 0 Å². The van der Waals surface area contributed by atoms with Gasteiger partial charge in [-0.2, -0.15) is 0 Å². The highest BCUT2D eigenvalue weighted by Gasteiger charge is 1.94. The van der Waals surface area contributed by atoms with Gasteiger partial charge in [-0.1, -0.05) is 37.3 Å². The topological polar surface area (TPSA) is 21.3 Å². The predicted octanol–water partition coefficient (Wildman–Crippen LogP) is 2.89. The molecule has 1 rings (SSSR count). The zero-order chi connectivity index (χ0) is 11.6. The van der Waals surface area contributed by atoms with Gasteiger partial charge in [-0.05, 0) is 24.1 Å². The van der Waals surface area contributed by atoms with Crippen molar-refractivity contribution in [2.45, 2.75) is 26.5 Å². The van der Waals surface area contributed by atoms with Crippen LogP contribution in [0.4, 0.5) is 0 Å². The highest BCUT2D eigenvalue weighted by Crippen LogP contribution is 2.05. The Morgan fingerprint density at radius 2 is 1.94 bits per heavy atom. The van der Waals surface area contributed by atoms with E-state index in [1.807, 2.05) is 6.08 Å². The van der Waals surface area contributed by atoms with Crippen molar-refractivity contribution in [3.8, 4) is 0 Å². The van der Waals surface area contributed by atoms with E-state index in [0.29, 0.717) is 6.61 Å². The van der Waals surface area contributed by atoms with Crippen LogP contribution in [0.1, 0.15) is 24.5 Å². The maximum absolute atomic E-state index is 5.49. The van der Waals surface area contributed by atoms with Crippen LogP contribution in [0.25, 0.3) is 0 Å². The highest BCUT2D eigenvalue weighted by atomic mass is 16.5. The summed E-state index contributed by atoms with van der Waals surface area (Å²) in [5.41, 5.74) is 2.54. The molecule has 0 saturated heterocycles. The van der Waals surface area contributed by atoms with Crippen LogP contribution in [0.15, 0.2) is 36.9 Å². The Hall–Kier alpha value is -1.12. The van der Waals surface area contributed by atoms with Gasteiger partial charge in [0.15, 0.2) is 0 Å². The molecule has 0 aliphatic heterocycles. The summed E-state index contributed by atoms with van der Waals surface area (Å²) in [6, 6.07) is 8.55. The summed E-state index contributed by atoms with van der Waals surface area (Å²) in [6.07, 6.45) is 2.79. The Morgan fingerprint density at radius 1 is 1.25 bits per heavy atom. The Bertz CT molecular complexity index is 292. The summed E-state index contributed by atoms with van der Waals surface area (Å²) in [5, 5.41) is 3.30. The summed E-state index contributed by atoms with van der Waals surface area (Å²) in [7, 11) is 0. The molecule has 0 radical (unpaired) electrons. The van der Waals surface area contributed by atoms with Crippen LogP contribution < -0.4 is 5.32 Å². The van der Waals surface area contributed by atoms with Gasteiger partial charge in [0, 0.05) is 6.54 Å². The standard InChI is InChI=1S/C14H21NO/c1-3-5-10-16-12-14-8-6-13(7-9-14)11-15-4-2/h3,6-9,15H,1,4-5,10-12H2,2H3. The fourth-order valence-electron chi connectivity index (χ4n) is 1.38. The van der Waals surface area contributed by atoms with Crippen LogP contribution in [-0.2, 0) is 17.9 Å². The SMILES string of the molecule is C=CCCOCc1ccc(CNCC)cc1. The number of ether oxygens (including phenoxy) is 1. The molecule has 0 aliphatic rings. The lowest BCUT2D eigenvalue weighted by Crippen LogP contribution is -2.11. The molecule has 2 nitrogen and oxygen atoms in total. The van der Waals surface area contributed by atoms with Crippen molar-refractivity contribution in [3.05, 3.63) is 48.0 Å². The van der Waals surface area contributed by atoms with Crippen molar-refractivity contribution in [1.29, 1.82) is 0 Å². The van der Waals surface area contributed by atoms with E-state index in [0.717, 1.165) is 26.1 Å². The van der Waals surface area contributed by atoms with Crippen LogP contribution in [0.5, 0.6) is 0 Å². The van der Waals surface area contributed by atoms with E-state index >= 15 is 0 Å². The number of hydrogen-bond donors (Lipinski definition) is 1. The Morgan fingerprint density at radius 3 is 2.56 bits per heavy atom. The molecule has 0 bridgehead atoms. The zero-order valence-corrected chi connectivity index (χ0v) is 10.0. The molecule has 0 unspecified atom stereocenters. The zero-order valence-electron chi connectivity index (χ0n) is 10.0. The average molecular weight is 219 g/mol. The monoisotopic (exact) mass is 219 g/mol. The van der Waals surface area contributed by atoms with Gasteiger partial charge in [-0.15, -0.1) is 6.58 Å². The van der Waals surface area contributed by atoms with Gasteiger partial charge in [0.2, 0.25) is 0 Å². The van der Waals surface area contributed by atoms with Crippen LogP contribution in [0.3, 0.4) is 0 Å². The van der Waals surface area contributed by atoms with Gasteiger partial charge in [0.05, 0.1) is 13.2 Å². The quantitative estimate of drug-likeness (QED) is 0.536. The van der Waals surface area contributed by atoms with Gasteiger partial charge in [-0.3, -0.25) is 0 Å². The third-order valence-corrected chi connectivity index (χ3v) is 2.34. The van der Waals surface area contributed by atoms with Gasteiger partial charge in [0.1, 0.15) is 0 Å².